The first-order valence-electron chi connectivity index (χ1n) is 5.84. The molecule has 88 valence electrons. The van der Waals surface area contributed by atoms with Gasteiger partial charge in [-0.05, 0) is 45.2 Å². The molecule has 0 aromatic heterocycles. The number of hydrogen-bond acceptors (Lipinski definition) is 1. The Morgan fingerprint density at radius 2 is 2.00 bits per heavy atom. The first-order chi connectivity index (χ1) is 7.49. The van der Waals surface area contributed by atoms with Gasteiger partial charge in [-0.1, -0.05) is 23.8 Å². The van der Waals surface area contributed by atoms with E-state index in [1.54, 1.807) is 0 Å². The zero-order chi connectivity index (χ0) is 12.1. The Morgan fingerprint density at radius 3 is 2.56 bits per heavy atom. The van der Waals surface area contributed by atoms with Gasteiger partial charge >= 0.3 is 0 Å². The Kier molecular flexibility index (Phi) is 4.53. The summed E-state index contributed by atoms with van der Waals surface area (Å²) in [6, 6.07) is 6.61. The van der Waals surface area contributed by atoms with Crippen molar-refractivity contribution in [3.8, 4) is 0 Å². The number of rotatable bonds is 4. The average Bonchev–Trinajstić information content (AvgIpc) is 2.15. The van der Waals surface area contributed by atoms with Crippen molar-refractivity contribution in [2.24, 2.45) is 0 Å². The largest absolute Gasteiger partial charge is 0.354 e. The average molecular weight is 219 g/mol. The van der Waals surface area contributed by atoms with Crippen LogP contribution in [-0.4, -0.2) is 11.9 Å². The molecule has 2 nitrogen and oxygen atoms in total. The Labute approximate surface area is 98.1 Å². The summed E-state index contributed by atoms with van der Waals surface area (Å²) in [5.41, 5.74) is 3.81. The van der Waals surface area contributed by atoms with Crippen molar-refractivity contribution in [3.63, 3.8) is 0 Å². The van der Waals surface area contributed by atoms with Gasteiger partial charge in [-0.15, -0.1) is 0 Å². The van der Waals surface area contributed by atoms with E-state index in [1.807, 2.05) is 13.8 Å². The molecule has 1 N–H and O–H groups in total. The first kappa shape index (κ1) is 12.8. The molecule has 0 aliphatic carbocycles. The van der Waals surface area contributed by atoms with Crippen molar-refractivity contribution in [2.75, 3.05) is 0 Å². The fraction of sp³-hybridized carbons (Fsp3) is 0.500. The Hall–Kier alpha value is -1.31. The van der Waals surface area contributed by atoms with E-state index in [1.165, 1.54) is 16.7 Å². The molecule has 0 atom stereocenters. The lowest BCUT2D eigenvalue weighted by Crippen LogP contribution is -2.30. The predicted molar refractivity (Wildman–Crippen MR) is 67.5 cm³/mol. The third-order valence-corrected chi connectivity index (χ3v) is 2.57. The van der Waals surface area contributed by atoms with Crippen molar-refractivity contribution >= 4 is 5.91 Å². The van der Waals surface area contributed by atoms with E-state index in [-0.39, 0.29) is 11.9 Å². The van der Waals surface area contributed by atoms with Crippen molar-refractivity contribution in [1.82, 2.24) is 5.32 Å². The molecule has 1 aromatic rings. The third kappa shape index (κ3) is 4.05. The summed E-state index contributed by atoms with van der Waals surface area (Å²) in [5.74, 6) is 0.134. The van der Waals surface area contributed by atoms with E-state index in [0.717, 1.165) is 6.42 Å². The highest BCUT2D eigenvalue weighted by Gasteiger charge is 2.05. The zero-order valence-corrected chi connectivity index (χ0v) is 10.6. The molecule has 0 bridgehead atoms. The van der Waals surface area contributed by atoms with Gasteiger partial charge in [0.25, 0.3) is 0 Å². The number of carbonyl (C=O) groups is 1. The van der Waals surface area contributed by atoms with Crippen molar-refractivity contribution in [2.45, 2.75) is 46.6 Å². The minimum Gasteiger partial charge on any atom is -0.354 e. The maximum atomic E-state index is 11.5. The number of amides is 1. The Morgan fingerprint density at radius 1 is 1.31 bits per heavy atom. The highest BCUT2D eigenvalue weighted by atomic mass is 16.1. The molecule has 1 aromatic carbocycles. The second-order valence-electron chi connectivity index (χ2n) is 4.65. The van der Waals surface area contributed by atoms with E-state index >= 15 is 0 Å². The van der Waals surface area contributed by atoms with E-state index < -0.39 is 0 Å². The topological polar surface area (TPSA) is 29.1 Å². The first-order valence-corrected chi connectivity index (χ1v) is 5.84. The quantitative estimate of drug-likeness (QED) is 0.829. The van der Waals surface area contributed by atoms with Gasteiger partial charge in [-0.3, -0.25) is 4.79 Å². The highest BCUT2D eigenvalue weighted by Crippen LogP contribution is 2.12. The Bertz CT molecular complexity index is 369. The van der Waals surface area contributed by atoms with Crippen LogP contribution in [0.25, 0.3) is 0 Å². The standard InChI is InChI=1S/C14H21NO/c1-10(2)15-14(16)8-7-13-6-5-11(3)9-12(13)4/h5-6,9-10H,7-8H2,1-4H3,(H,15,16). The molecule has 0 heterocycles. The summed E-state index contributed by atoms with van der Waals surface area (Å²) in [6.45, 7) is 8.15. The van der Waals surface area contributed by atoms with E-state index in [0.29, 0.717) is 6.42 Å². The van der Waals surface area contributed by atoms with Crippen LogP contribution in [0.15, 0.2) is 18.2 Å². The SMILES string of the molecule is Cc1ccc(CCC(=O)NC(C)C)c(C)c1. The number of nitrogens with one attached hydrogen (secondary N) is 1. The molecule has 0 fully saturated rings. The van der Waals surface area contributed by atoms with Crippen molar-refractivity contribution in [1.29, 1.82) is 0 Å². The van der Waals surface area contributed by atoms with Crippen LogP contribution in [0.2, 0.25) is 0 Å². The molecule has 0 spiro atoms. The lowest BCUT2D eigenvalue weighted by atomic mass is 10.0. The van der Waals surface area contributed by atoms with Gasteiger partial charge in [0.2, 0.25) is 5.91 Å². The molecule has 2 heteroatoms. The lowest BCUT2D eigenvalue weighted by molar-refractivity contribution is -0.121. The van der Waals surface area contributed by atoms with Gasteiger partial charge in [-0.25, -0.2) is 0 Å². The van der Waals surface area contributed by atoms with Crippen LogP contribution in [-0.2, 0) is 11.2 Å². The molecule has 0 aliphatic rings. The van der Waals surface area contributed by atoms with Crippen LogP contribution in [0, 0.1) is 13.8 Å². The van der Waals surface area contributed by atoms with Crippen LogP contribution in [0.5, 0.6) is 0 Å². The fourth-order valence-corrected chi connectivity index (χ4v) is 1.77. The molecular weight excluding hydrogens is 198 g/mol. The van der Waals surface area contributed by atoms with Gasteiger partial charge in [0.15, 0.2) is 0 Å². The molecule has 0 saturated heterocycles. The van der Waals surface area contributed by atoms with Gasteiger partial charge in [0.05, 0.1) is 0 Å². The molecular formula is C14H21NO. The smallest absolute Gasteiger partial charge is 0.220 e. The van der Waals surface area contributed by atoms with Crippen LogP contribution in [0.3, 0.4) is 0 Å². The van der Waals surface area contributed by atoms with E-state index in [2.05, 4.69) is 37.4 Å². The zero-order valence-electron chi connectivity index (χ0n) is 10.6. The Balaban J connectivity index is 2.51. The number of aryl methyl sites for hydroxylation is 3. The summed E-state index contributed by atoms with van der Waals surface area (Å²) < 4.78 is 0. The van der Waals surface area contributed by atoms with Gasteiger partial charge < -0.3 is 5.32 Å². The second-order valence-corrected chi connectivity index (χ2v) is 4.65. The summed E-state index contributed by atoms with van der Waals surface area (Å²) in [4.78, 5) is 11.5. The van der Waals surface area contributed by atoms with E-state index in [9.17, 15) is 4.79 Å². The summed E-state index contributed by atoms with van der Waals surface area (Å²) in [6.07, 6.45) is 1.40. The number of hydrogen-bond donors (Lipinski definition) is 1. The van der Waals surface area contributed by atoms with E-state index in [4.69, 9.17) is 0 Å². The summed E-state index contributed by atoms with van der Waals surface area (Å²) in [5, 5.41) is 2.90. The van der Waals surface area contributed by atoms with Gasteiger partial charge in [0.1, 0.15) is 0 Å². The van der Waals surface area contributed by atoms with Crippen LogP contribution in [0.4, 0.5) is 0 Å². The van der Waals surface area contributed by atoms with Crippen LogP contribution >= 0.6 is 0 Å². The van der Waals surface area contributed by atoms with Crippen molar-refractivity contribution < 1.29 is 4.79 Å². The number of benzene rings is 1. The molecule has 0 aliphatic heterocycles. The minimum atomic E-state index is 0.134. The normalized spacial score (nSPS) is 10.6. The molecule has 1 rings (SSSR count). The van der Waals surface area contributed by atoms with Gasteiger partial charge in [0, 0.05) is 12.5 Å². The van der Waals surface area contributed by atoms with Crippen LogP contribution < -0.4 is 5.32 Å². The summed E-state index contributed by atoms with van der Waals surface area (Å²) >= 11 is 0. The van der Waals surface area contributed by atoms with Gasteiger partial charge in [-0.2, -0.15) is 0 Å². The molecule has 0 saturated carbocycles. The molecule has 0 unspecified atom stereocenters. The molecule has 16 heavy (non-hydrogen) atoms. The second kappa shape index (κ2) is 5.69. The predicted octanol–water partition coefficient (Wildman–Crippen LogP) is 2.76. The molecule has 0 radical (unpaired) electrons. The highest BCUT2D eigenvalue weighted by molar-refractivity contribution is 5.76. The maximum absolute atomic E-state index is 11.5. The summed E-state index contributed by atoms with van der Waals surface area (Å²) in [7, 11) is 0. The van der Waals surface area contributed by atoms with Crippen LogP contribution in [0.1, 0.15) is 37.0 Å². The maximum Gasteiger partial charge on any atom is 0.220 e. The van der Waals surface area contributed by atoms with Crippen molar-refractivity contribution in [3.05, 3.63) is 34.9 Å². The monoisotopic (exact) mass is 219 g/mol. The third-order valence-electron chi connectivity index (χ3n) is 2.57. The fourth-order valence-electron chi connectivity index (χ4n) is 1.77. The lowest BCUT2D eigenvalue weighted by Gasteiger charge is -2.09. The number of carbonyl (C=O) groups excluding carboxylic acids is 1. The minimum absolute atomic E-state index is 0.134. The molecule has 1 amide bonds.